The van der Waals surface area contributed by atoms with Crippen molar-refractivity contribution in [2.75, 3.05) is 158 Å². The Bertz CT molecular complexity index is 699. The summed E-state index contributed by atoms with van der Waals surface area (Å²) in [7, 11) is 0. The lowest BCUT2D eigenvalue weighted by Crippen LogP contribution is -2.34. The Kier molecular flexibility index (Phi) is 34.5. The maximum absolute atomic E-state index is 11.5. The molecule has 0 saturated carbocycles. The van der Waals surface area contributed by atoms with Crippen molar-refractivity contribution in [2.45, 2.75) is 26.4 Å². The van der Waals surface area contributed by atoms with Gasteiger partial charge >= 0.3 is 6.09 Å². The molecule has 0 aromatic carbocycles. The van der Waals surface area contributed by atoms with Crippen LogP contribution in [0.25, 0.3) is 10.4 Å². The molecular formula is C29H58N4O13. The Balaban J connectivity index is 3.10. The molecule has 1 N–H and O–H groups in total. The van der Waals surface area contributed by atoms with Gasteiger partial charge in [-0.05, 0) is 26.3 Å². The average Bonchev–Trinajstić information content (AvgIpc) is 3.01. The molecule has 0 rings (SSSR count). The van der Waals surface area contributed by atoms with Crippen LogP contribution >= 0.6 is 0 Å². The van der Waals surface area contributed by atoms with Gasteiger partial charge in [0.25, 0.3) is 0 Å². The highest BCUT2D eigenvalue weighted by Gasteiger charge is 2.15. The van der Waals surface area contributed by atoms with Crippen LogP contribution in [0.3, 0.4) is 0 Å². The van der Waals surface area contributed by atoms with E-state index in [1.807, 2.05) is 20.8 Å². The number of carbonyl (C=O) groups excluding carboxylic acids is 1. The maximum Gasteiger partial charge on any atom is 0.407 e. The molecule has 0 aliphatic carbocycles. The fourth-order valence-corrected chi connectivity index (χ4v) is 2.99. The van der Waals surface area contributed by atoms with Gasteiger partial charge in [-0.2, -0.15) is 0 Å². The Morgan fingerprint density at radius 1 is 0.500 bits per heavy atom. The van der Waals surface area contributed by atoms with E-state index < -0.39 is 11.7 Å². The first-order valence-electron chi connectivity index (χ1n) is 15.8. The number of amides is 1. The first kappa shape index (κ1) is 44.1. The Morgan fingerprint density at radius 3 is 1.02 bits per heavy atom. The van der Waals surface area contributed by atoms with Crippen molar-refractivity contribution in [3.05, 3.63) is 10.4 Å². The number of hydrogen-bond acceptors (Lipinski definition) is 14. The van der Waals surface area contributed by atoms with E-state index in [1.54, 1.807) is 0 Å². The number of alkyl carbamates (subject to hydrolysis) is 1. The number of nitrogens with zero attached hydrogens (tertiary/aromatic N) is 3. The molecule has 0 aromatic heterocycles. The molecule has 46 heavy (non-hydrogen) atoms. The molecule has 272 valence electrons. The Labute approximate surface area is 273 Å². The van der Waals surface area contributed by atoms with E-state index in [4.69, 9.17) is 62.4 Å². The fourth-order valence-electron chi connectivity index (χ4n) is 2.99. The predicted octanol–water partition coefficient (Wildman–Crippen LogP) is 2.00. The van der Waals surface area contributed by atoms with E-state index in [0.717, 1.165) is 0 Å². The number of carbonyl (C=O) groups is 1. The van der Waals surface area contributed by atoms with Crippen LogP contribution in [0.4, 0.5) is 4.79 Å². The summed E-state index contributed by atoms with van der Waals surface area (Å²) in [5, 5.41) is 5.99. The molecule has 0 unspecified atom stereocenters. The first-order chi connectivity index (χ1) is 22.5. The van der Waals surface area contributed by atoms with Crippen molar-refractivity contribution in [3.8, 4) is 0 Å². The van der Waals surface area contributed by atoms with Gasteiger partial charge in [0, 0.05) is 18.0 Å². The van der Waals surface area contributed by atoms with E-state index in [9.17, 15) is 4.79 Å². The molecule has 0 heterocycles. The number of rotatable bonds is 36. The summed E-state index contributed by atoms with van der Waals surface area (Å²) in [4.78, 5) is 14.1. The summed E-state index contributed by atoms with van der Waals surface area (Å²) >= 11 is 0. The van der Waals surface area contributed by atoms with Crippen molar-refractivity contribution in [2.24, 2.45) is 5.11 Å². The third kappa shape index (κ3) is 40.2. The first-order valence-corrected chi connectivity index (χ1v) is 15.8. The van der Waals surface area contributed by atoms with Gasteiger partial charge in [0.05, 0.1) is 145 Å². The van der Waals surface area contributed by atoms with Crippen LogP contribution < -0.4 is 5.32 Å². The third-order valence-electron chi connectivity index (χ3n) is 5.03. The van der Waals surface area contributed by atoms with Crippen LogP contribution in [0.5, 0.6) is 0 Å². The van der Waals surface area contributed by atoms with Crippen LogP contribution in [0.2, 0.25) is 0 Å². The van der Waals surface area contributed by atoms with Crippen molar-refractivity contribution < 1.29 is 61.6 Å². The van der Waals surface area contributed by atoms with E-state index in [-0.39, 0.29) is 0 Å². The quantitative estimate of drug-likeness (QED) is 0.0442. The lowest BCUT2D eigenvalue weighted by Gasteiger charge is -2.19. The minimum atomic E-state index is -0.514. The van der Waals surface area contributed by atoms with Gasteiger partial charge in [0.2, 0.25) is 0 Å². The summed E-state index contributed by atoms with van der Waals surface area (Å²) in [6.07, 6.45) is -0.455. The van der Waals surface area contributed by atoms with Crippen LogP contribution in [0.1, 0.15) is 20.8 Å². The average molecular weight is 671 g/mol. The SMILES string of the molecule is CC(C)(C)OC(=O)NCCOCCOCCOCCOCCOCCOCCOCCOCCOCCOCCOCCN=[N+]=[N-]. The number of hydrogen-bond donors (Lipinski definition) is 1. The summed E-state index contributed by atoms with van der Waals surface area (Å²) in [5.41, 5.74) is 7.62. The number of ether oxygens (including phenoxy) is 12. The minimum Gasteiger partial charge on any atom is -0.444 e. The van der Waals surface area contributed by atoms with Crippen molar-refractivity contribution >= 4 is 6.09 Å². The molecule has 0 aliphatic heterocycles. The molecule has 0 aliphatic rings. The molecular weight excluding hydrogens is 612 g/mol. The van der Waals surface area contributed by atoms with E-state index in [2.05, 4.69) is 15.3 Å². The van der Waals surface area contributed by atoms with Gasteiger partial charge in [-0.25, -0.2) is 4.79 Å². The van der Waals surface area contributed by atoms with Crippen molar-refractivity contribution in [3.63, 3.8) is 0 Å². The Morgan fingerprint density at radius 2 is 0.761 bits per heavy atom. The normalized spacial score (nSPS) is 11.5. The summed E-state index contributed by atoms with van der Waals surface area (Å²) in [6, 6.07) is 0. The maximum atomic E-state index is 11.5. The van der Waals surface area contributed by atoms with Crippen LogP contribution in [-0.2, 0) is 56.8 Å². The second-order valence-corrected chi connectivity index (χ2v) is 10.1. The molecule has 0 spiro atoms. The summed E-state index contributed by atoms with van der Waals surface area (Å²) in [6.45, 7) is 16.5. The molecule has 0 atom stereocenters. The number of azide groups is 1. The summed E-state index contributed by atoms with van der Waals surface area (Å²) in [5.74, 6) is 0. The third-order valence-corrected chi connectivity index (χ3v) is 5.03. The van der Waals surface area contributed by atoms with Crippen molar-refractivity contribution in [1.82, 2.24) is 5.32 Å². The van der Waals surface area contributed by atoms with Crippen LogP contribution in [-0.4, -0.2) is 170 Å². The second-order valence-electron chi connectivity index (χ2n) is 10.1. The van der Waals surface area contributed by atoms with Crippen molar-refractivity contribution in [1.29, 1.82) is 0 Å². The van der Waals surface area contributed by atoms with Gasteiger partial charge in [-0.15, -0.1) is 0 Å². The van der Waals surface area contributed by atoms with Gasteiger partial charge in [0.15, 0.2) is 0 Å². The smallest absolute Gasteiger partial charge is 0.407 e. The molecule has 0 bridgehead atoms. The van der Waals surface area contributed by atoms with Crippen LogP contribution in [0, 0.1) is 0 Å². The highest BCUT2D eigenvalue weighted by atomic mass is 16.6. The van der Waals surface area contributed by atoms with E-state index in [0.29, 0.717) is 158 Å². The van der Waals surface area contributed by atoms with E-state index >= 15 is 0 Å². The lowest BCUT2D eigenvalue weighted by molar-refractivity contribution is -0.0274. The molecule has 0 saturated heterocycles. The molecule has 0 fully saturated rings. The Hall–Kier alpha value is -1.86. The molecule has 17 heteroatoms. The zero-order valence-electron chi connectivity index (χ0n) is 28.1. The zero-order chi connectivity index (χ0) is 33.7. The van der Waals surface area contributed by atoms with Gasteiger partial charge in [-0.1, -0.05) is 5.11 Å². The lowest BCUT2D eigenvalue weighted by atomic mass is 10.2. The molecule has 17 nitrogen and oxygen atoms in total. The van der Waals surface area contributed by atoms with E-state index in [1.165, 1.54) is 0 Å². The van der Waals surface area contributed by atoms with Gasteiger partial charge in [0.1, 0.15) is 5.60 Å². The molecule has 1 amide bonds. The van der Waals surface area contributed by atoms with Gasteiger partial charge in [-0.3, -0.25) is 0 Å². The standard InChI is InChI=1S/C29H58N4O13/c1-29(2,3)46-28(34)31-4-6-35-8-10-37-12-14-39-16-18-41-20-22-43-24-26-45-27-25-44-23-21-42-19-17-40-15-13-38-11-9-36-7-5-32-33-30/h4-27H2,1-3H3,(H,31,34). The fraction of sp³-hybridized carbons (Fsp3) is 0.966. The minimum absolute atomic E-state index is 0.324. The monoisotopic (exact) mass is 670 g/mol. The highest BCUT2D eigenvalue weighted by molar-refractivity contribution is 5.67. The van der Waals surface area contributed by atoms with Crippen LogP contribution in [0.15, 0.2) is 5.11 Å². The zero-order valence-corrected chi connectivity index (χ0v) is 28.1. The molecule has 0 radical (unpaired) electrons. The molecule has 0 aromatic rings. The largest absolute Gasteiger partial charge is 0.444 e. The number of nitrogens with one attached hydrogen (secondary N) is 1. The topological polar surface area (TPSA) is 189 Å². The summed E-state index contributed by atoms with van der Waals surface area (Å²) < 4.78 is 64.6. The van der Waals surface area contributed by atoms with Gasteiger partial charge < -0.3 is 62.2 Å². The second kappa shape index (κ2) is 36.0. The highest BCUT2D eigenvalue weighted by Crippen LogP contribution is 2.06. The predicted molar refractivity (Wildman–Crippen MR) is 167 cm³/mol.